The summed E-state index contributed by atoms with van der Waals surface area (Å²) in [5, 5.41) is 0.326. The van der Waals surface area contributed by atoms with Crippen molar-refractivity contribution in [2.45, 2.75) is 6.92 Å². The van der Waals surface area contributed by atoms with Crippen molar-refractivity contribution >= 4 is 32.5 Å². The summed E-state index contributed by atoms with van der Waals surface area (Å²) in [7, 11) is -2.88. The number of ether oxygens (including phenoxy) is 1. The number of sulfonamides is 1. The number of nitrogens with zero attached hydrogens (tertiary/aromatic N) is 2. The predicted octanol–water partition coefficient (Wildman–Crippen LogP) is 2.12. The molecule has 2 heterocycles. The smallest absolute Gasteiger partial charge is 0.257 e. The van der Waals surface area contributed by atoms with Crippen molar-refractivity contribution in [3.05, 3.63) is 53.1 Å². The highest BCUT2D eigenvalue weighted by Crippen LogP contribution is 2.28. The molecule has 2 aromatic heterocycles. The molecule has 0 fully saturated rings. The van der Waals surface area contributed by atoms with E-state index < -0.39 is 44.6 Å². The molecule has 1 aromatic carbocycles. The van der Waals surface area contributed by atoms with Crippen LogP contribution in [0.5, 0.6) is 0 Å². The first-order valence-corrected chi connectivity index (χ1v) is 9.21. The average Bonchev–Trinajstić information content (AvgIpc) is 3.03. The second kappa shape index (κ2) is 7.00. The third-order valence-electron chi connectivity index (χ3n) is 3.76. The fraction of sp³-hybridized carbons (Fsp3) is 0.188. The molecule has 0 aliphatic heterocycles. The Bertz CT molecular complexity index is 1140. The largest absolute Gasteiger partial charge is 0.367 e. The Morgan fingerprint density at radius 1 is 1.30 bits per heavy atom. The molecular weight excluding hydrogens is 382 g/mol. The number of aromatic amines is 1. The lowest BCUT2D eigenvalue weighted by atomic mass is 10.0. The SMILES string of the molecule is COCS(=O)(=O)Nc1ccc(F)c(C(=O)c2c[nH]c3ncnc(C)c23)c1F. The van der Waals surface area contributed by atoms with Crippen molar-refractivity contribution < 1.29 is 26.7 Å². The average molecular weight is 396 g/mol. The van der Waals surface area contributed by atoms with Gasteiger partial charge in [0.25, 0.3) is 10.0 Å². The van der Waals surface area contributed by atoms with Crippen LogP contribution < -0.4 is 4.72 Å². The minimum Gasteiger partial charge on any atom is -0.367 e. The Morgan fingerprint density at radius 3 is 2.74 bits per heavy atom. The molecule has 0 bridgehead atoms. The minimum absolute atomic E-state index is 0.0298. The van der Waals surface area contributed by atoms with Crippen LogP contribution in [0.4, 0.5) is 14.5 Å². The van der Waals surface area contributed by atoms with Crippen LogP contribution in [0.2, 0.25) is 0 Å². The van der Waals surface area contributed by atoms with Crippen molar-refractivity contribution in [3.63, 3.8) is 0 Å². The van der Waals surface area contributed by atoms with Gasteiger partial charge < -0.3 is 9.72 Å². The Hall–Kier alpha value is -2.92. The molecule has 0 atom stereocenters. The Labute approximate surface area is 152 Å². The second-order valence-corrected chi connectivity index (χ2v) is 7.29. The van der Waals surface area contributed by atoms with E-state index in [4.69, 9.17) is 0 Å². The van der Waals surface area contributed by atoms with E-state index in [-0.39, 0.29) is 5.56 Å². The van der Waals surface area contributed by atoms with Gasteiger partial charge in [0.2, 0.25) is 5.78 Å². The van der Waals surface area contributed by atoms with E-state index in [0.717, 1.165) is 19.2 Å². The van der Waals surface area contributed by atoms with E-state index >= 15 is 0 Å². The van der Waals surface area contributed by atoms with Gasteiger partial charge in [-0.25, -0.2) is 27.2 Å². The normalized spacial score (nSPS) is 11.7. The molecule has 0 spiro atoms. The number of ketones is 1. The number of carbonyl (C=O) groups excluding carboxylic acids is 1. The highest BCUT2D eigenvalue weighted by Gasteiger charge is 2.26. The number of nitrogens with one attached hydrogen (secondary N) is 2. The van der Waals surface area contributed by atoms with Gasteiger partial charge in [0, 0.05) is 13.3 Å². The maximum Gasteiger partial charge on any atom is 0.257 e. The molecule has 0 saturated carbocycles. The predicted molar refractivity (Wildman–Crippen MR) is 92.8 cm³/mol. The van der Waals surface area contributed by atoms with Crippen molar-refractivity contribution in [1.29, 1.82) is 0 Å². The molecule has 142 valence electrons. The number of fused-ring (bicyclic) bond motifs is 1. The van der Waals surface area contributed by atoms with E-state index in [9.17, 15) is 22.0 Å². The van der Waals surface area contributed by atoms with Gasteiger partial charge in [-0.2, -0.15) is 0 Å². The van der Waals surface area contributed by atoms with E-state index in [1.165, 1.54) is 12.5 Å². The summed E-state index contributed by atoms with van der Waals surface area (Å²) >= 11 is 0. The number of anilines is 1. The van der Waals surface area contributed by atoms with Crippen LogP contribution in [-0.2, 0) is 14.8 Å². The molecule has 0 saturated heterocycles. The summed E-state index contributed by atoms with van der Waals surface area (Å²) in [5.41, 5.74) is -0.704. The number of hydrogen-bond acceptors (Lipinski definition) is 6. The van der Waals surface area contributed by atoms with Gasteiger partial charge in [-0.05, 0) is 19.1 Å². The first kappa shape index (κ1) is 18.9. The molecule has 3 rings (SSSR count). The molecule has 0 aliphatic carbocycles. The standard InChI is InChI=1S/C16H14F2N4O4S/c1-8-12-9(5-19-16(12)21-6-20-8)15(23)13-10(17)3-4-11(14(13)18)22-27(24,25)7-26-2/h3-6,22H,7H2,1-2H3,(H,19,20,21). The van der Waals surface area contributed by atoms with E-state index in [1.54, 1.807) is 6.92 Å². The Balaban J connectivity index is 2.11. The number of aromatic nitrogens is 3. The summed E-state index contributed by atoms with van der Waals surface area (Å²) in [4.78, 5) is 23.5. The van der Waals surface area contributed by atoms with E-state index in [0.29, 0.717) is 16.7 Å². The molecule has 0 radical (unpaired) electrons. The zero-order valence-corrected chi connectivity index (χ0v) is 15.0. The Kier molecular flexibility index (Phi) is 4.89. The number of hydrogen-bond donors (Lipinski definition) is 2. The summed E-state index contributed by atoms with van der Waals surface area (Å²) in [6.07, 6.45) is 2.56. The highest BCUT2D eigenvalue weighted by atomic mass is 32.2. The topological polar surface area (TPSA) is 114 Å². The molecule has 3 aromatic rings. The van der Waals surface area contributed by atoms with Crippen LogP contribution in [-0.4, -0.2) is 42.2 Å². The number of halogens is 2. The molecule has 27 heavy (non-hydrogen) atoms. The zero-order valence-electron chi connectivity index (χ0n) is 14.2. The van der Waals surface area contributed by atoms with Gasteiger partial charge in [0.05, 0.1) is 27.9 Å². The molecule has 0 aliphatic rings. The summed E-state index contributed by atoms with van der Waals surface area (Å²) in [5.74, 6) is -4.16. The fourth-order valence-corrected chi connectivity index (χ4v) is 3.49. The van der Waals surface area contributed by atoms with Gasteiger partial charge in [-0.1, -0.05) is 0 Å². The number of aryl methyl sites for hydroxylation is 1. The lowest BCUT2D eigenvalue weighted by Gasteiger charge is -2.11. The first-order valence-electron chi connectivity index (χ1n) is 7.56. The van der Waals surface area contributed by atoms with Crippen molar-refractivity contribution in [3.8, 4) is 0 Å². The van der Waals surface area contributed by atoms with Gasteiger partial charge in [-0.15, -0.1) is 0 Å². The third kappa shape index (κ3) is 3.51. The third-order valence-corrected chi connectivity index (χ3v) is 4.84. The monoisotopic (exact) mass is 396 g/mol. The van der Waals surface area contributed by atoms with Crippen LogP contribution in [0.3, 0.4) is 0 Å². The minimum atomic E-state index is -4.03. The summed E-state index contributed by atoms with van der Waals surface area (Å²) in [6, 6.07) is 1.69. The molecule has 0 unspecified atom stereocenters. The molecule has 11 heteroatoms. The quantitative estimate of drug-likeness (QED) is 0.617. The first-order chi connectivity index (χ1) is 12.7. The number of rotatable bonds is 6. The van der Waals surface area contributed by atoms with Crippen LogP contribution >= 0.6 is 0 Å². The van der Waals surface area contributed by atoms with Gasteiger partial charge in [0.15, 0.2) is 11.8 Å². The molecule has 8 nitrogen and oxygen atoms in total. The fourth-order valence-electron chi connectivity index (χ4n) is 2.62. The van der Waals surface area contributed by atoms with E-state index in [2.05, 4.69) is 19.7 Å². The van der Waals surface area contributed by atoms with Crippen LogP contribution in [0.25, 0.3) is 11.0 Å². The summed E-state index contributed by atoms with van der Waals surface area (Å²) < 4.78 is 59.0. The maximum atomic E-state index is 14.8. The highest BCUT2D eigenvalue weighted by molar-refractivity contribution is 7.92. The van der Waals surface area contributed by atoms with E-state index in [1.807, 2.05) is 4.72 Å². The molecule has 0 amide bonds. The number of H-pyrrole nitrogens is 1. The van der Waals surface area contributed by atoms with Crippen molar-refractivity contribution in [1.82, 2.24) is 15.0 Å². The lowest BCUT2D eigenvalue weighted by molar-refractivity contribution is 0.103. The number of carbonyl (C=O) groups is 1. The maximum absolute atomic E-state index is 14.8. The van der Waals surface area contributed by atoms with Crippen LogP contribution in [0.15, 0.2) is 24.7 Å². The molecular formula is C16H14F2N4O4S. The van der Waals surface area contributed by atoms with Crippen molar-refractivity contribution in [2.24, 2.45) is 0 Å². The molecule has 2 N–H and O–H groups in total. The number of methoxy groups -OCH3 is 1. The number of benzene rings is 1. The zero-order chi connectivity index (χ0) is 19.8. The van der Waals surface area contributed by atoms with Crippen LogP contribution in [0.1, 0.15) is 21.6 Å². The van der Waals surface area contributed by atoms with Gasteiger partial charge >= 0.3 is 0 Å². The van der Waals surface area contributed by atoms with Crippen LogP contribution in [0, 0.1) is 18.6 Å². The van der Waals surface area contributed by atoms with Crippen molar-refractivity contribution in [2.75, 3.05) is 17.8 Å². The van der Waals surface area contributed by atoms with Gasteiger partial charge in [-0.3, -0.25) is 9.52 Å². The Morgan fingerprint density at radius 2 is 2.04 bits per heavy atom. The second-order valence-electron chi connectivity index (χ2n) is 5.62. The van der Waals surface area contributed by atoms with Gasteiger partial charge in [0.1, 0.15) is 17.8 Å². The summed E-state index contributed by atoms with van der Waals surface area (Å²) in [6.45, 7) is 1.62. The lowest BCUT2D eigenvalue weighted by Crippen LogP contribution is -2.19.